The summed E-state index contributed by atoms with van der Waals surface area (Å²) in [5.74, 6) is -0.367. The maximum atomic E-state index is 11.8. The van der Waals surface area contributed by atoms with Crippen molar-refractivity contribution in [1.29, 1.82) is 0 Å². The van der Waals surface area contributed by atoms with Gasteiger partial charge >= 0.3 is 0 Å². The van der Waals surface area contributed by atoms with Gasteiger partial charge in [0.05, 0.1) is 12.1 Å². The lowest BCUT2D eigenvalue weighted by Crippen LogP contribution is -2.53. The molecule has 3 N–H and O–H groups in total. The van der Waals surface area contributed by atoms with Crippen LogP contribution < -0.4 is 11.1 Å². The van der Waals surface area contributed by atoms with Crippen LogP contribution in [0.5, 0.6) is 0 Å². The minimum atomic E-state index is -0.928. The molecule has 0 aromatic rings. The van der Waals surface area contributed by atoms with E-state index in [0.717, 1.165) is 0 Å². The number of nitrogens with one attached hydrogen (secondary N) is 1. The Balaban J connectivity index is 4.38. The molecular formula is C10H21N3O2. The first-order valence-electron chi connectivity index (χ1n) is 5.17. The normalized spacial score (nSPS) is 11.0. The average Bonchev–Trinajstić information content (AvgIpc) is 2.12. The quantitative estimate of drug-likeness (QED) is 0.661. The van der Waals surface area contributed by atoms with E-state index in [0.29, 0.717) is 13.1 Å². The zero-order valence-corrected chi connectivity index (χ0v) is 9.96. The molecule has 2 amide bonds. The molecule has 88 valence electrons. The van der Waals surface area contributed by atoms with Crippen molar-refractivity contribution in [2.75, 3.05) is 19.6 Å². The standard InChI is InChI=1S/C10H21N3O2/c1-5-12-8(14)7-13(6-2)9(15)10(3,4)11/h5-7,11H2,1-4H3,(H,12,14). The molecule has 0 unspecified atom stereocenters. The molecule has 0 aromatic heterocycles. The van der Waals surface area contributed by atoms with Crippen molar-refractivity contribution in [3.05, 3.63) is 0 Å². The number of rotatable bonds is 5. The Morgan fingerprint density at radius 3 is 2.20 bits per heavy atom. The molecule has 0 atom stereocenters. The van der Waals surface area contributed by atoms with Crippen LogP contribution in [0.15, 0.2) is 0 Å². The molecule has 0 aliphatic heterocycles. The summed E-state index contributed by atoms with van der Waals surface area (Å²) >= 11 is 0. The van der Waals surface area contributed by atoms with E-state index in [2.05, 4.69) is 5.32 Å². The van der Waals surface area contributed by atoms with Crippen molar-refractivity contribution in [3.63, 3.8) is 0 Å². The van der Waals surface area contributed by atoms with E-state index >= 15 is 0 Å². The van der Waals surface area contributed by atoms with Crippen LogP contribution in [-0.4, -0.2) is 41.9 Å². The summed E-state index contributed by atoms with van der Waals surface area (Å²) in [5, 5.41) is 2.64. The van der Waals surface area contributed by atoms with E-state index in [1.54, 1.807) is 13.8 Å². The van der Waals surface area contributed by atoms with Crippen LogP contribution in [-0.2, 0) is 9.59 Å². The summed E-state index contributed by atoms with van der Waals surface area (Å²) in [5.41, 5.74) is 4.75. The van der Waals surface area contributed by atoms with Crippen LogP contribution in [0.4, 0.5) is 0 Å². The Morgan fingerprint density at radius 2 is 1.87 bits per heavy atom. The fourth-order valence-corrected chi connectivity index (χ4v) is 1.16. The van der Waals surface area contributed by atoms with Gasteiger partial charge in [-0.2, -0.15) is 0 Å². The van der Waals surface area contributed by atoms with Crippen molar-refractivity contribution in [3.8, 4) is 0 Å². The second-order valence-corrected chi connectivity index (χ2v) is 3.99. The number of amides is 2. The van der Waals surface area contributed by atoms with Gasteiger partial charge in [-0.1, -0.05) is 0 Å². The Kier molecular flexibility index (Phi) is 5.28. The van der Waals surface area contributed by atoms with Crippen LogP contribution in [0.3, 0.4) is 0 Å². The summed E-state index contributed by atoms with van der Waals surface area (Å²) in [6.45, 7) is 8.05. The summed E-state index contributed by atoms with van der Waals surface area (Å²) in [6.07, 6.45) is 0. The topological polar surface area (TPSA) is 75.4 Å². The summed E-state index contributed by atoms with van der Waals surface area (Å²) in [6, 6.07) is 0. The number of hydrogen-bond donors (Lipinski definition) is 2. The van der Waals surface area contributed by atoms with E-state index in [1.165, 1.54) is 4.90 Å². The molecule has 0 rings (SSSR count). The number of nitrogens with zero attached hydrogens (tertiary/aromatic N) is 1. The zero-order valence-electron chi connectivity index (χ0n) is 9.96. The molecule has 0 bridgehead atoms. The molecule has 0 saturated carbocycles. The van der Waals surface area contributed by atoms with Gasteiger partial charge in [-0.3, -0.25) is 9.59 Å². The van der Waals surface area contributed by atoms with Gasteiger partial charge in [-0.05, 0) is 27.7 Å². The van der Waals surface area contributed by atoms with Crippen molar-refractivity contribution in [1.82, 2.24) is 10.2 Å². The molecule has 0 aliphatic carbocycles. The van der Waals surface area contributed by atoms with Crippen molar-refractivity contribution >= 4 is 11.8 Å². The lowest BCUT2D eigenvalue weighted by molar-refractivity contribution is -0.139. The molecule has 5 nitrogen and oxygen atoms in total. The molecule has 0 fully saturated rings. The van der Waals surface area contributed by atoms with Gasteiger partial charge in [-0.15, -0.1) is 0 Å². The first kappa shape index (κ1) is 13.9. The Bertz CT molecular complexity index is 233. The minimum absolute atomic E-state index is 0.0732. The number of likely N-dealkylation sites (N-methyl/N-ethyl adjacent to an activating group) is 2. The van der Waals surface area contributed by atoms with Crippen LogP contribution in [0.25, 0.3) is 0 Å². The second kappa shape index (κ2) is 5.70. The Morgan fingerprint density at radius 1 is 1.33 bits per heavy atom. The molecule has 0 heterocycles. The number of carbonyl (C=O) groups is 2. The maximum absolute atomic E-state index is 11.8. The third-order valence-electron chi connectivity index (χ3n) is 1.93. The summed E-state index contributed by atoms with van der Waals surface area (Å²) < 4.78 is 0. The summed E-state index contributed by atoms with van der Waals surface area (Å²) in [7, 11) is 0. The highest BCUT2D eigenvalue weighted by Crippen LogP contribution is 2.03. The fourth-order valence-electron chi connectivity index (χ4n) is 1.16. The first-order valence-corrected chi connectivity index (χ1v) is 5.17. The molecule has 15 heavy (non-hydrogen) atoms. The monoisotopic (exact) mass is 215 g/mol. The predicted octanol–water partition coefficient (Wildman–Crippen LogP) is -0.292. The third-order valence-corrected chi connectivity index (χ3v) is 1.93. The lowest BCUT2D eigenvalue weighted by atomic mass is 10.1. The molecule has 0 aromatic carbocycles. The smallest absolute Gasteiger partial charge is 0.242 e. The fraction of sp³-hybridized carbons (Fsp3) is 0.800. The Hall–Kier alpha value is -1.10. The van der Waals surface area contributed by atoms with Crippen molar-refractivity contribution < 1.29 is 9.59 Å². The van der Waals surface area contributed by atoms with Gasteiger partial charge in [-0.25, -0.2) is 0 Å². The van der Waals surface area contributed by atoms with Gasteiger partial charge in [0.25, 0.3) is 0 Å². The van der Waals surface area contributed by atoms with Crippen LogP contribution in [0.1, 0.15) is 27.7 Å². The maximum Gasteiger partial charge on any atom is 0.242 e. The van der Waals surface area contributed by atoms with Gasteiger partial charge in [0.15, 0.2) is 0 Å². The second-order valence-electron chi connectivity index (χ2n) is 3.99. The van der Waals surface area contributed by atoms with Crippen LogP contribution in [0.2, 0.25) is 0 Å². The first-order chi connectivity index (χ1) is 6.82. The number of carbonyl (C=O) groups excluding carboxylic acids is 2. The highest BCUT2D eigenvalue weighted by Gasteiger charge is 2.27. The van der Waals surface area contributed by atoms with Crippen LogP contribution in [0, 0.1) is 0 Å². The van der Waals surface area contributed by atoms with Gasteiger partial charge in [0, 0.05) is 13.1 Å². The minimum Gasteiger partial charge on any atom is -0.355 e. The molecule has 0 aliphatic rings. The highest BCUT2D eigenvalue weighted by atomic mass is 16.2. The molecule has 0 radical (unpaired) electrons. The van der Waals surface area contributed by atoms with Crippen molar-refractivity contribution in [2.45, 2.75) is 33.2 Å². The SMILES string of the molecule is CCNC(=O)CN(CC)C(=O)C(C)(C)N. The van der Waals surface area contributed by atoms with Gasteiger partial charge in [0.2, 0.25) is 11.8 Å². The van der Waals surface area contributed by atoms with Crippen LogP contribution >= 0.6 is 0 Å². The lowest BCUT2D eigenvalue weighted by Gasteiger charge is -2.27. The van der Waals surface area contributed by atoms with E-state index in [4.69, 9.17) is 5.73 Å². The number of nitrogens with two attached hydrogens (primary N) is 1. The molecule has 5 heteroatoms. The average molecular weight is 215 g/mol. The summed E-state index contributed by atoms with van der Waals surface area (Å²) in [4.78, 5) is 24.5. The Labute approximate surface area is 91.0 Å². The zero-order chi connectivity index (χ0) is 12.1. The van der Waals surface area contributed by atoms with Gasteiger partial charge in [0.1, 0.15) is 0 Å². The molecular weight excluding hydrogens is 194 g/mol. The van der Waals surface area contributed by atoms with Crippen molar-refractivity contribution in [2.24, 2.45) is 5.73 Å². The number of hydrogen-bond acceptors (Lipinski definition) is 3. The van der Waals surface area contributed by atoms with Gasteiger partial charge < -0.3 is 16.0 Å². The van der Waals surface area contributed by atoms with E-state index in [9.17, 15) is 9.59 Å². The largest absolute Gasteiger partial charge is 0.355 e. The molecule has 0 saturated heterocycles. The highest BCUT2D eigenvalue weighted by molar-refractivity contribution is 5.89. The molecule has 0 spiro atoms. The van der Waals surface area contributed by atoms with E-state index < -0.39 is 5.54 Å². The predicted molar refractivity (Wildman–Crippen MR) is 59.2 cm³/mol. The van der Waals surface area contributed by atoms with E-state index in [1.807, 2.05) is 13.8 Å². The third kappa shape index (κ3) is 4.78. The van der Waals surface area contributed by atoms with E-state index in [-0.39, 0.29) is 18.4 Å².